The van der Waals surface area contributed by atoms with Gasteiger partial charge in [-0.25, -0.2) is 4.98 Å². The van der Waals surface area contributed by atoms with E-state index in [2.05, 4.69) is 29.2 Å². The van der Waals surface area contributed by atoms with Crippen molar-refractivity contribution >= 4 is 23.1 Å². The average Bonchev–Trinajstić information content (AvgIpc) is 3.13. The fourth-order valence-electron chi connectivity index (χ4n) is 4.10. The van der Waals surface area contributed by atoms with Crippen molar-refractivity contribution < 1.29 is 14.3 Å². The molecule has 0 spiro atoms. The molecule has 5 rings (SSSR count). The quantitative estimate of drug-likeness (QED) is 0.353. The van der Waals surface area contributed by atoms with Crippen molar-refractivity contribution in [2.24, 2.45) is 0 Å². The van der Waals surface area contributed by atoms with Gasteiger partial charge in [0.2, 0.25) is 5.91 Å². The summed E-state index contributed by atoms with van der Waals surface area (Å²) in [7, 11) is 0. The Morgan fingerprint density at radius 1 is 1.06 bits per heavy atom. The van der Waals surface area contributed by atoms with Crippen LogP contribution < -0.4 is 4.74 Å². The number of ether oxygens (including phenoxy) is 2. The molecule has 2 aliphatic rings. The molecule has 1 aromatic heterocycles. The zero-order chi connectivity index (χ0) is 21.2. The molecule has 1 atom stereocenters. The van der Waals surface area contributed by atoms with E-state index in [0.717, 1.165) is 16.7 Å². The van der Waals surface area contributed by atoms with E-state index >= 15 is 0 Å². The van der Waals surface area contributed by atoms with Crippen molar-refractivity contribution in [2.45, 2.75) is 6.10 Å². The molecule has 2 aromatic carbocycles. The number of carbonyl (C=O) groups is 1. The Bertz CT molecular complexity index is 1110. The van der Waals surface area contributed by atoms with Gasteiger partial charge < -0.3 is 14.4 Å². The minimum absolute atomic E-state index is 0.0192. The molecule has 0 radical (unpaired) electrons. The highest BCUT2D eigenvalue weighted by molar-refractivity contribution is 6.30. The van der Waals surface area contributed by atoms with Gasteiger partial charge in [-0.1, -0.05) is 60.1 Å². The Morgan fingerprint density at radius 3 is 2.42 bits per heavy atom. The lowest BCUT2D eigenvalue weighted by atomic mass is 10.0. The normalized spacial score (nSPS) is 17.1. The molecule has 1 unspecified atom stereocenters. The Hall–Kier alpha value is -3.15. The van der Waals surface area contributed by atoms with E-state index in [4.69, 9.17) is 21.1 Å². The number of hydrogen-bond acceptors (Lipinski definition) is 4. The number of fused-ring (bicyclic) bond motifs is 3. The van der Waals surface area contributed by atoms with Crippen molar-refractivity contribution in [3.63, 3.8) is 0 Å². The van der Waals surface area contributed by atoms with Crippen LogP contribution in [-0.2, 0) is 9.53 Å². The number of hydrogen-bond donors (Lipinski definition) is 0. The number of aromatic nitrogens is 1. The van der Waals surface area contributed by atoms with Gasteiger partial charge in [0.25, 0.3) is 0 Å². The van der Waals surface area contributed by atoms with Crippen molar-refractivity contribution in [3.8, 4) is 16.9 Å². The van der Waals surface area contributed by atoms with Crippen LogP contribution in [0.4, 0.5) is 0 Å². The second-order valence-corrected chi connectivity index (χ2v) is 7.89. The Morgan fingerprint density at radius 2 is 1.74 bits per heavy atom. The molecule has 5 nitrogen and oxygen atoms in total. The van der Waals surface area contributed by atoms with Crippen LogP contribution in [0, 0.1) is 0 Å². The second-order valence-electron chi connectivity index (χ2n) is 7.53. The van der Waals surface area contributed by atoms with Crippen LogP contribution in [0.2, 0.25) is 5.15 Å². The van der Waals surface area contributed by atoms with Crippen LogP contribution in [-0.4, -0.2) is 48.2 Å². The van der Waals surface area contributed by atoms with Crippen LogP contribution in [0.25, 0.3) is 16.7 Å². The fraction of sp³-hybridized carbons (Fsp3) is 0.200. The van der Waals surface area contributed by atoms with Gasteiger partial charge in [0.1, 0.15) is 12.7 Å². The third-order valence-electron chi connectivity index (χ3n) is 5.59. The molecule has 6 heteroatoms. The predicted molar refractivity (Wildman–Crippen MR) is 120 cm³/mol. The average molecular weight is 433 g/mol. The lowest BCUT2D eigenvalue weighted by molar-refractivity contribution is -0.134. The number of halogens is 1. The lowest BCUT2D eigenvalue weighted by Gasteiger charge is -2.32. The summed E-state index contributed by atoms with van der Waals surface area (Å²) in [6, 6.07) is 20.0. The summed E-state index contributed by atoms with van der Waals surface area (Å²) in [6.45, 7) is 1.79. The maximum Gasteiger partial charge on any atom is 0.247 e. The number of nitrogens with zero attached hydrogens (tertiary/aromatic N) is 2. The Labute approximate surface area is 185 Å². The van der Waals surface area contributed by atoms with Crippen LogP contribution in [0.5, 0.6) is 5.75 Å². The first-order chi connectivity index (χ1) is 15.2. The molecule has 31 heavy (non-hydrogen) atoms. The third-order valence-corrected chi connectivity index (χ3v) is 5.88. The summed E-state index contributed by atoms with van der Waals surface area (Å²) in [6.07, 6.45) is 3.14. The van der Waals surface area contributed by atoms with E-state index in [1.165, 1.54) is 11.1 Å². The predicted octanol–water partition coefficient (Wildman–Crippen LogP) is 4.45. The topological polar surface area (TPSA) is 51.7 Å². The van der Waals surface area contributed by atoms with Crippen LogP contribution in [0.1, 0.15) is 11.1 Å². The van der Waals surface area contributed by atoms with Gasteiger partial charge in [-0.2, -0.15) is 0 Å². The van der Waals surface area contributed by atoms with E-state index in [1.54, 1.807) is 24.4 Å². The summed E-state index contributed by atoms with van der Waals surface area (Å²) in [5.74, 6) is 0.492. The van der Waals surface area contributed by atoms with Crippen LogP contribution in [0.3, 0.4) is 0 Å². The number of rotatable bonds is 4. The largest absolute Gasteiger partial charge is 0.488 e. The van der Waals surface area contributed by atoms with Gasteiger partial charge in [0, 0.05) is 18.8 Å². The van der Waals surface area contributed by atoms with Gasteiger partial charge in [-0.05, 0) is 40.0 Å². The van der Waals surface area contributed by atoms with E-state index in [9.17, 15) is 4.79 Å². The van der Waals surface area contributed by atoms with Crippen molar-refractivity contribution in [3.05, 3.63) is 89.2 Å². The number of carbonyl (C=O) groups excluding carboxylic acids is 1. The molecular formula is C25H21ClN2O3. The number of amides is 1. The zero-order valence-electron chi connectivity index (χ0n) is 16.8. The van der Waals surface area contributed by atoms with Gasteiger partial charge in [0.05, 0.1) is 13.2 Å². The minimum Gasteiger partial charge on any atom is -0.488 e. The standard InChI is InChI=1S/C25H21ClN2O3/c26-25-23(10-5-11-27-25)31-16-17-15-28(12-13-30-17)24(29)14-22-20-8-3-1-6-18(20)19-7-2-4-9-21(19)22/h1-11,14,17H,12-13,15-16H2. The van der Waals surface area contributed by atoms with Crippen molar-refractivity contribution in [1.29, 1.82) is 0 Å². The van der Waals surface area contributed by atoms with E-state index in [1.807, 2.05) is 29.2 Å². The molecule has 1 amide bonds. The fourth-order valence-corrected chi connectivity index (χ4v) is 4.28. The SMILES string of the molecule is O=C(C=C1c2ccccc2-c2ccccc21)N1CCOC(COc2cccnc2Cl)C1. The molecular weight excluding hydrogens is 412 g/mol. The maximum atomic E-state index is 13.2. The summed E-state index contributed by atoms with van der Waals surface area (Å²) < 4.78 is 11.6. The maximum absolute atomic E-state index is 13.2. The first-order valence-electron chi connectivity index (χ1n) is 10.3. The summed E-state index contributed by atoms with van der Waals surface area (Å²) >= 11 is 6.05. The zero-order valence-corrected chi connectivity index (χ0v) is 17.6. The van der Waals surface area contributed by atoms with E-state index in [0.29, 0.717) is 37.2 Å². The first kappa shape index (κ1) is 19.8. The first-order valence-corrected chi connectivity index (χ1v) is 10.6. The number of morpholine rings is 1. The number of pyridine rings is 1. The second kappa shape index (κ2) is 8.53. The smallest absolute Gasteiger partial charge is 0.247 e. The third kappa shape index (κ3) is 3.94. The van der Waals surface area contributed by atoms with Gasteiger partial charge in [0.15, 0.2) is 10.9 Å². The van der Waals surface area contributed by atoms with E-state index < -0.39 is 0 Å². The summed E-state index contributed by atoms with van der Waals surface area (Å²) in [4.78, 5) is 19.0. The molecule has 1 aliphatic carbocycles. The highest BCUT2D eigenvalue weighted by Crippen LogP contribution is 2.43. The lowest BCUT2D eigenvalue weighted by Crippen LogP contribution is -2.47. The molecule has 156 valence electrons. The van der Waals surface area contributed by atoms with Crippen LogP contribution in [0.15, 0.2) is 72.9 Å². The van der Waals surface area contributed by atoms with Gasteiger partial charge >= 0.3 is 0 Å². The highest BCUT2D eigenvalue weighted by Gasteiger charge is 2.27. The molecule has 1 aliphatic heterocycles. The molecule has 3 aromatic rings. The van der Waals surface area contributed by atoms with Crippen molar-refractivity contribution in [2.75, 3.05) is 26.3 Å². The van der Waals surface area contributed by atoms with Crippen molar-refractivity contribution in [1.82, 2.24) is 9.88 Å². The summed E-state index contributed by atoms with van der Waals surface area (Å²) in [5.41, 5.74) is 5.49. The minimum atomic E-state index is -0.226. The molecule has 1 saturated heterocycles. The van der Waals surface area contributed by atoms with E-state index in [-0.39, 0.29) is 12.0 Å². The molecule has 0 N–H and O–H groups in total. The molecule has 1 fully saturated rings. The molecule has 0 saturated carbocycles. The van der Waals surface area contributed by atoms with Gasteiger partial charge in [-0.15, -0.1) is 0 Å². The summed E-state index contributed by atoms with van der Waals surface area (Å²) in [5, 5.41) is 0.314. The number of benzene rings is 2. The van der Waals surface area contributed by atoms with Crippen LogP contribution >= 0.6 is 11.6 Å². The Kier molecular flexibility index (Phi) is 5.45. The molecule has 2 heterocycles. The molecule has 0 bridgehead atoms. The van der Waals surface area contributed by atoms with Gasteiger partial charge in [-0.3, -0.25) is 4.79 Å². The Balaban J connectivity index is 1.32. The monoisotopic (exact) mass is 432 g/mol. The highest BCUT2D eigenvalue weighted by atomic mass is 35.5.